The summed E-state index contributed by atoms with van der Waals surface area (Å²) in [5, 5.41) is 15.2. The molecule has 1 amide bonds. The van der Waals surface area contributed by atoms with E-state index in [-0.39, 0.29) is 10.8 Å². The largest absolute Gasteiger partial charge is 0.477 e. The molecule has 0 fully saturated rings. The van der Waals surface area contributed by atoms with E-state index in [9.17, 15) is 9.59 Å². The van der Waals surface area contributed by atoms with Crippen LogP contribution >= 0.6 is 34.4 Å². The average molecular weight is 313 g/mol. The lowest BCUT2D eigenvalue weighted by Gasteiger charge is -2.03. The highest BCUT2D eigenvalue weighted by atomic mass is 32.2. The van der Waals surface area contributed by atoms with E-state index in [0.29, 0.717) is 11.4 Å². The summed E-state index contributed by atoms with van der Waals surface area (Å²) < 4.78 is 0. The second kappa shape index (κ2) is 6.74. The first-order chi connectivity index (χ1) is 9.16. The maximum atomic E-state index is 11.7. The summed E-state index contributed by atoms with van der Waals surface area (Å²) in [5.41, 5.74) is 0.374. The van der Waals surface area contributed by atoms with E-state index in [4.69, 9.17) is 5.11 Å². The first-order valence-corrected chi connectivity index (χ1v) is 8.29. The second-order valence-electron chi connectivity index (χ2n) is 3.59. The van der Waals surface area contributed by atoms with Gasteiger partial charge in [-0.25, -0.2) is 4.79 Å². The molecule has 2 aromatic rings. The molecule has 2 N–H and O–H groups in total. The standard InChI is InChI=1S/C12H11NO3S3/c14-10(7-17-6-8-2-1-4-18-8)13-9-3-5-19-11(9)12(15)16/h1-5H,6-7H2,(H,13,14)(H,15,16). The van der Waals surface area contributed by atoms with Gasteiger partial charge in [-0.05, 0) is 22.9 Å². The number of rotatable bonds is 6. The number of carbonyl (C=O) groups is 2. The van der Waals surface area contributed by atoms with Crippen LogP contribution in [0.15, 0.2) is 29.0 Å². The smallest absolute Gasteiger partial charge is 0.348 e. The fourth-order valence-corrected chi connectivity index (χ4v) is 3.75. The molecule has 100 valence electrons. The lowest BCUT2D eigenvalue weighted by molar-refractivity contribution is -0.113. The molecule has 0 saturated heterocycles. The number of hydrogen-bond acceptors (Lipinski definition) is 5. The normalized spacial score (nSPS) is 10.3. The van der Waals surface area contributed by atoms with Gasteiger partial charge in [0.2, 0.25) is 5.91 Å². The van der Waals surface area contributed by atoms with Gasteiger partial charge < -0.3 is 10.4 Å². The van der Waals surface area contributed by atoms with Gasteiger partial charge in [-0.3, -0.25) is 4.79 Å². The van der Waals surface area contributed by atoms with Gasteiger partial charge in [0.05, 0.1) is 11.4 Å². The number of anilines is 1. The van der Waals surface area contributed by atoms with Crippen LogP contribution in [0.25, 0.3) is 0 Å². The van der Waals surface area contributed by atoms with Gasteiger partial charge in [0, 0.05) is 10.6 Å². The lowest BCUT2D eigenvalue weighted by Crippen LogP contribution is -2.15. The van der Waals surface area contributed by atoms with Crippen molar-refractivity contribution in [3.8, 4) is 0 Å². The van der Waals surface area contributed by atoms with Crippen LogP contribution in [0, 0.1) is 0 Å². The molecule has 19 heavy (non-hydrogen) atoms. The Morgan fingerprint density at radius 3 is 2.79 bits per heavy atom. The highest BCUT2D eigenvalue weighted by Crippen LogP contribution is 2.23. The van der Waals surface area contributed by atoms with Crippen molar-refractivity contribution in [2.24, 2.45) is 0 Å². The van der Waals surface area contributed by atoms with Crippen molar-refractivity contribution in [2.75, 3.05) is 11.1 Å². The van der Waals surface area contributed by atoms with Crippen molar-refractivity contribution in [1.29, 1.82) is 0 Å². The van der Waals surface area contributed by atoms with E-state index >= 15 is 0 Å². The zero-order valence-corrected chi connectivity index (χ0v) is 12.2. The first kappa shape index (κ1) is 14.1. The van der Waals surface area contributed by atoms with Crippen molar-refractivity contribution in [1.82, 2.24) is 0 Å². The van der Waals surface area contributed by atoms with E-state index < -0.39 is 5.97 Å². The topological polar surface area (TPSA) is 66.4 Å². The van der Waals surface area contributed by atoms with Gasteiger partial charge in [0.25, 0.3) is 0 Å². The molecule has 0 unspecified atom stereocenters. The van der Waals surface area contributed by atoms with Crippen LogP contribution in [0.4, 0.5) is 5.69 Å². The summed E-state index contributed by atoms with van der Waals surface area (Å²) in [6, 6.07) is 5.61. The van der Waals surface area contributed by atoms with Crippen molar-refractivity contribution in [3.05, 3.63) is 38.7 Å². The predicted molar refractivity (Wildman–Crippen MR) is 80.4 cm³/mol. The molecule has 2 aromatic heterocycles. The average Bonchev–Trinajstić information content (AvgIpc) is 2.99. The van der Waals surface area contributed by atoms with E-state index in [0.717, 1.165) is 17.1 Å². The molecule has 0 aliphatic rings. The minimum Gasteiger partial charge on any atom is -0.477 e. The Bertz CT molecular complexity index is 563. The zero-order chi connectivity index (χ0) is 13.7. The number of aromatic carboxylic acids is 1. The molecule has 0 aliphatic carbocycles. The number of nitrogens with one attached hydrogen (secondary N) is 1. The van der Waals surface area contributed by atoms with E-state index in [1.54, 1.807) is 22.8 Å². The third kappa shape index (κ3) is 4.09. The van der Waals surface area contributed by atoms with Crippen molar-refractivity contribution < 1.29 is 14.7 Å². The summed E-state index contributed by atoms with van der Waals surface area (Å²) in [4.78, 5) is 24.0. The summed E-state index contributed by atoms with van der Waals surface area (Å²) in [6.07, 6.45) is 0. The van der Waals surface area contributed by atoms with Crippen LogP contribution < -0.4 is 5.32 Å². The minimum absolute atomic E-state index is 0.164. The van der Waals surface area contributed by atoms with Crippen molar-refractivity contribution >= 4 is 52.0 Å². The maximum Gasteiger partial charge on any atom is 0.348 e. The number of carboxylic acids is 1. The van der Waals surface area contributed by atoms with E-state index in [1.807, 2.05) is 17.5 Å². The molecule has 0 saturated carbocycles. The zero-order valence-electron chi connectivity index (χ0n) is 9.79. The fraction of sp³-hybridized carbons (Fsp3) is 0.167. The van der Waals surface area contributed by atoms with Gasteiger partial charge in [0.15, 0.2) is 0 Å². The van der Waals surface area contributed by atoms with E-state index in [2.05, 4.69) is 5.32 Å². The van der Waals surface area contributed by atoms with Gasteiger partial charge in [-0.1, -0.05) is 6.07 Å². The molecule has 7 heteroatoms. The Balaban J connectivity index is 1.81. The maximum absolute atomic E-state index is 11.7. The molecule has 0 atom stereocenters. The Morgan fingerprint density at radius 1 is 1.26 bits per heavy atom. The summed E-state index contributed by atoms with van der Waals surface area (Å²) in [7, 11) is 0. The summed E-state index contributed by atoms with van der Waals surface area (Å²) in [5.74, 6) is -0.0909. The van der Waals surface area contributed by atoms with Gasteiger partial charge in [-0.15, -0.1) is 34.4 Å². The minimum atomic E-state index is -1.02. The van der Waals surface area contributed by atoms with Crippen LogP contribution in [0.1, 0.15) is 14.5 Å². The molecule has 2 heterocycles. The number of thioether (sulfide) groups is 1. The van der Waals surface area contributed by atoms with Crippen LogP contribution in [0.5, 0.6) is 0 Å². The Morgan fingerprint density at radius 2 is 2.11 bits per heavy atom. The Hall–Kier alpha value is -1.31. The number of hydrogen-bond donors (Lipinski definition) is 2. The molecular weight excluding hydrogens is 302 g/mol. The molecule has 0 bridgehead atoms. The third-order valence-electron chi connectivity index (χ3n) is 2.19. The quantitative estimate of drug-likeness (QED) is 0.858. The number of carbonyl (C=O) groups excluding carboxylic acids is 1. The first-order valence-electron chi connectivity index (χ1n) is 5.37. The van der Waals surface area contributed by atoms with Gasteiger partial charge in [0.1, 0.15) is 4.88 Å². The molecular formula is C12H11NO3S3. The Kier molecular flexibility index (Phi) is 5.00. The molecule has 0 spiro atoms. The van der Waals surface area contributed by atoms with Crippen molar-refractivity contribution in [2.45, 2.75) is 5.75 Å². The summed E-state index contributed by atoms with van der Waals surface area (Å²) in [6.45, 7) is 0. The number of carboxylic acid groups (broad SMARTS) is 1. The molecule has 4 nitrogen and oxygen atoms in total. The van der Waals surface area contributed by atoms with Crippen LogP contribution in [-0.2, 0) is 10.5 Å². The molecule has 0 aliphatic heterocycles. The monoisotopic (exact) mass is 313 g/mol. The van der Waals surface area contributed by atoms with Crippen LogP contribution in [0.3, 0.4) is 0 Å². The highest BCUT2D eigenvalue weighted by molar-refractivity contribution is 7.99. The fourth-order valence-electron chi connectivity index (χ4n) is 1.40. The number of amides is 1. The SMILES string of the molecule is O=C(CSCc1cccs1)Nc1ccsc1C(=O)O. The van der Waals surface area contributed by atoms with E-state index in [1.165, 1.54) is 16.6 Å². The lowest BCUT2D eigenvalue weighted by atomic mass is 10.4. The van der Waals surface area contributed by atoms with Crippen LogP contribution in [-0.4, -0.2) is 22.7 Å². The van der Waals surface area contributed by atoms with Gasteiger partial charge >= 0.3 is 5.97 Å². The van der Waals surface area contributed by atoms with Crippen molar-refractivity contribution in [3.63, 3.8) is 0 Å². The predicted octanol–water partition coefficient (Wildman–Crippen LogP) is 3.38. The second-order valence-corrected chi connectivity index (χ2v) is 6.52. The molecule has 0 aromatic carbocycles. The third-order valence-corrected chi connectivity index (χ3v) is 5.13. The molecule has 0 radical (unpaired) electrons. The summed E-state index contributed by atoms with van der Waals surface area (Å²) >= 11 is 4.27. The van der Waals surface area contributed by atoms with Crippen LogP contribution in [0.2, 0.25) is 0 Å². The molecule has 2 rings (SSSR count). The Labute approximate surface area is 122 Å². The highest BCUT2D eigenvalue weighted by Gasteiger charge is 2.13. The number of thiophene rings is 2. The van der Waals surface area contributed by atoms with Gasteiger partial charge in [-0.2, -0.15) is 0 Å².